The van der Waals surface area contributed by atoms with E-state index in [0.717, 1.165) is 0 Å². The van der Waals surface area contributed by atoms with Crippen LogP contribution in [0.1, 0.15) is 0 Å². The lowest BCUT2D eigenvalue weighted by molar-refractivity contribution is 0.0192. The largest absolute Gasteiger partial charge is 0.510 e. The Morgan fingerprint density at radius 1 is 1.00 bits per heavy atom. The minimum Gasteiger partial charge on any atom is -0.510 e. The maximum absolute atomic E-state index is 9.70. The highest BCUT2D eigenvalue weighted by molar-refractivity contribution is 6.30. The van der Waals surface area contributed by atoms with Gasteiger partial charge in [0.25, 0.3) is 0 Å². The van der Waals surface area contributed by atoms with E-state index in [-0.39, 0.29) is 10.8 Å². The van der Waals surface area contributed by atoms with Crippen LogP contribution in [0, 0.1) is 5.92 Å². The van der Waals surface area contributed by atoms with Gasteiger partial charge in [0.2, 0.25) is 0 Å². The number of hydrogen-bond donors (Lipinski definition) is 5. The summed E-state index contributed by atoms with van der Waals surface area (Å²) < 4.78 is 0. The third-order valence-electron chi connectivity index (χ3n) is 3.00. The molecule has 2 aliphatic carbocycles. The highest BCUT2D eigenvalue weighted by Gasteiger charge is 2.38. The topological polar surface area (TPSA) is 101 Å². The predicted molar refractivity (Wildman–Crippen MR) is 60.2 cm³/mol. The highest BCUT2D eigenvalue weighted by Crippen LogP contribution is 2.34. The summed E-state index contributed by atoms with van der Waals surface area (Å²) in [5.74, 6) is -0.963. The number of aliphatic hydroxyl groups is 5. The minimum absolute atomic E-state index is 0.0523. The van der Waals surface area contributed by atoms with E-state index in [1.165, 1.54) is 18.2 Å². The van der Waals surface area contributed by atoms with Gasteiger partial charge in [0.15, 0.2) is 0 Å². The van der Waals surface area contributed by atoms with E-state index in [1.54, 1.807) is 0 Å². The zero-order chi connectivity index (χ0) is 12.7. The van der Waals surface area contributed by atoms with Gasteiger partial charge < -0.3 is 25.5 Å². The molecule has 2 aliphatic rings. The fourth-order valence-electron chi connectivity index (χ4n) is 2.00. The molecule has 0 aromatic heterocycles. The average molecular weight is 261 g/mol. The van der Waals surface area contributed by atoms with Crippen LogP contribution in [0.15, 0.2) is 34.6 Å². The molecule has 0 saturated carbocycles. The number of aliphatic hydroxyl groups excluding tert-OH is 5. The molecule has 5 N–H and O–H groups in total. The van der Waals surface area contributed by atoms with Gasteiger partial charge in [-0.05, 0) is 23.8 Å². The number of rotatable bonds is 1. The van der Waals surface area contributed by atoms with Crippen molar-refractivity contribution in [3.05, 3.63) is 34.6 Å². The van der Waals surface area contributed by atoms with Crippen molar-refractivity contribution < 1.29 is 25.5 Å². The van der Waals surface area contributed by atoms with Gasteiger partial charge in [-0.15, -0.1) is 0 Å². The van der Waals surface area contributed by atoms with Crippen LogP contribution in [0.3, 0.4) is 0 Å². The summed E-state index contributed by atoms with van der Waals surface area (Å²) >= 11 is 5.74. The second kappa shape index (κ2) is 4.44. The SMILES string of the molecule is OC1=CC(C2=CC(O)C(O)C(Cl)=C2)C(O)C1O. The van der Waals surface area contributed by atoms with Crippen molar-refractivity contribution in [3.8, 4) is 0 Å². The van der Waals surface area contributed by atoms with Gasteiger partial charge in [-0.3, -0.25) is 0 Å². The van der Waals surface area contributed by atoms with Crippen molar-refractivity contribution in [2.24, 2.45) is 5.92 Å². The second-order valence-electron chi connectivity index (χ2n) is 4.18. The van der Waals surface area contributed by atoms with Gasteiger partial charge in [-0.2, -0.15) is 0 Å². The van der Waals surface area contributed by atoms with Crippen LogP contribution in [0.25, 0.3) is 0 Å². The van der Waals surface area contributed by atoms with Crippen molar-refractivity contribution in [1.29, 1.82) is 0 Å². The van der Waals surface area contributed by atoms with Gasteiger partial charge >= 0.3 is 0 Å². The van der Waals surface area contributed by atoms with Crippen LogP contribution in [0.2, 0.25) is 0 Å². The van der Waals surface area contributed by atoms with Crippen LogP contribution < -0.4 is 0 Å². The Morgan fingerprint density at radius 3 is 2.12 bits per heavy atom. The van der Waals surface area contributed by atoms with E-state index in [1.807, 2.05) is 0 Å². The third kappa shape index (κ3) is 2.12. The molecule has 0 saturated heterocycles. The lowest BCUT2D eigenvalue weighted by Crippen LogP contribution is -2.32. The van der Waals surface area contributed by atoms with E-state index in [2.05, 4.69) is 0 Å². The van der Waals surface area contributed by atoms with Gasteiger partial charge in [0, 0.05) is 11.0 Å². The highest BCUT2D eigenvalue weighted by atomic mass is 35.5. The summed E-state index contributed by atoms with van der Waals surface area (Å²) in [6.45, 7) is 0. The minimum atomic E-state index is -1.34. The fourth-order valence-corrected chi connectivity index (χ4v) is 2.25. The Kier molecular flexibility index (Phi) is 3.29. The summed E-state index contributed by atoms with van der Waals surface area (Å²) in [4.78, 5) is 0. The molecule has 0 radical (unpaired) electrons. The monoisotopic (exact) mass is 260 g/mol. The maximum Gasteiger partial charge on any atom is 0.137 e. The number of hydrogen-bond acceptors (Lipinski definition) is 5. The van der Waals surface area contributed by atoms with Crippen molar-refractivity contribution >= 4 is 11.6 Å². The maximum atomic E-state index is 9.70. The molecule has 0 heterocycles. The molecule has 5 atom stereocenters. The molecule has 0 aliphatic heterocycles. The van der Waals surface area contributed by atoms with Crippen LogP contribution in [-0.2, 0) is 0 Å². The standard InChI is InChI=1S/C11H13ClO5/c12-6-1-4(2-7(13)10(6)16)5-3-8(14)11(17)9(5)15/h1-3,5,7,9-11,13-17H. The first-order valence-electron chi connectivity index (χ1n) is 5.13. The van der Waals surface area contributed by atoms with Crippen LogP contribution in [0.4, 0.5) is 0 Å². The number of halogens is 1. The lowest BCUT2D eigenvalue weighted by Gasteiger charge is -2.24. The molecule has 5 nitrogen and oxygen atoms in total. The van der Waals surface area contributed by atoms with Gasteiger partial charge in [-0.25, -0.2) is 0 Å². The molecule has 0 aromatic rings. The normalized spacial score (nSPS) is 41.9. The summed E-state index contributed by atoms with van der Waals surface area (Å²) in [7, 11) is 0. The Hall–Kier alpha value is -0.850. The molecular formula is C11H13ClO5. The van der Waals surface area contributed by atoms with E-state index in [4.69, 9.17) is 11.6 Å². The zero-order valence-corrected chi connectivity index (χ0v) is 9.49. The fraction of sp³-hybridized carbons (Fsp3) is 0.455. The molecule has 0 aromatic carbocycles. The third-order valence-corrected chi connectivity index (χ3v) is 3.34. The predicted octanol–water partition coefficient (Wildman–Crippen LogP) is -0.436. The molecule has 0 fully saturated rings. The molecular weight excluding hydrogens is 248 g/mol. The molecule has 0 bridgehead atoms. The van der Waals surface area contributed by atoms with Gasteiger partial charge in [0.1, 0.15) is 24.1 Å². The Balaban J connectivity index is 2.28. The van der Waals surface area contributed by atoms with Crippen molar-refractivity contribution in [2.45, 2.75) is 24.4 Å². The average Bonchev–Trinajstić information content (AvgIpc) is 2.53. The van der Waals surface area contributed by atoms with Gasteiger partial charge in [0.05, 0.1) is 6.10 Å². The summed E-state index contributed by atoms with van der Waals surface area (Å²) in [5.41, 5.74) is 0.448. The molecule has 94 valence electrons. The molecule has 5 unspecified atom stereocenters. The molecule has 6 heteroatoms. The molecule has 17 heavy (non-hydrogen) atoms. The Morgan fingerprint density at radius 2 is 1.65 bits per heavy atom. The second-order valence-corrected chi connectivity index (χ2v) is 4.62. The van der Waals surface area contributed by atoms with Crippen LogP contribution >= 0.6 is 11.6 Å². The van der Waals surface area contributed by atoms with E-state index in [9.17, 15) is 25.5 Å². The summed E-state index contributed by atoms with van der Waals surface area (Å²) in [5, 5.41) is 47.4. The van der Waals surface area contributed by atoms with Crippen molar-refractivity contribution in [2.75, 3.05) is 0 Å². The van der Waals surface area contributed by atoms with E-state index < -0.39 is 30.3 Å². The number of allylic oxidation sites excluding steroid dienone is 1. The van der Waals surface area contributed by atoms with E-state index in [0.29, 0.717) is 5.57 Å². The van der Waals surface area contributed by atoms with Gasteiger partial charge in [-0.1, -0.05) is 11.6 Å². The van der Waals surface area contributed by atoms with Crippen molar-refractivity contribution in [1.82, 2.24) is 0 Å². The first-order chi connectivity index (χ1) is 7.91. The first kappa shape index (κ1) is 12.6. The molecule has 0 amide bonds. The lowest BCUT2D eigenvalue weighted by atomic mass is 9.89. The van der Waals surface area contributed by atoms with Crippen LogP contribution in [-0.4, -0.2) is 49.9 Å². The summed E-state index contributed by atoms with van der Waals surface area (Å²) in [6.07, 6.45) is -0.821. The summed E-state index contributed by atoms with van der Waals surface area (Å²) in [6, 6.07) is 0. The smallest absolute Gasteiger partial charge is 0.137 e. The Labute approximate surface area is 103 Å². The Bertz CT molecular complexity index is 414. The molecule has 2 rings (SSSR count). The first-order valence-corrected chi connectivity index (χ1v) is 5.51. The van der Waals surface area contributed by atoms with Crippen molar-refractivity contribution in [3.63, 3.8) is 0 Å². The van der Waals surface area contributed by atoms with E-state index >= 15 is 0 Å². The zero-order valence-electron chi connectivity index (χ0n) is 8.73. The molecule has 0 spiro atoms. The van der Waals surface area contributed by atoms with Crippen LogP contribution in [0.5, 0.6) is 0 Å². The quantitative estimate of drug-likeness (QED) is 0.440.